The highest BCUT2D eigenvalue weighted by atomic mass is 16.2. The summed E-state index contributed by atoms with van der Waals surface area (Å²) >= 11 is 0. The van der Waals surface area contributed by atoms with Crippen molar-refractivity contribution in [1.82, 2.24) is 4.90 Å². The van der Waals surface area contributed by atoms with Crippen LogP contribution in [0, 0.1) is 0 Å². The van der Waals surface area contributed by atoms with Crippen molar-refractivity contribution >= 4 is 16.7 Å². The van der Waals surface area contributed by atoms with Gasteiger partial charge < -0.3 is 4.90 Å². The molecule has 2 heterocycles. The van der Waals surface area contributed by atoms with Gasteiger partial charge in [0.2, 0.25) is 5.91 Å². The maximum Gasteiger partial charge on any atom is 0.227 e. The summed E-state index contributed by atoms with van der Waals surface area (Å²) in [5.74, 6) is 0.281. The Morgan fingerprint density at radius 2 is 1.95 bits per heavy atom. The van der Waals surface area contributed by atoms with Crippen molar-refractivity contribution in [3.8, 4) is 0 Å². The Bertz CT molecular complexity index is 713. The number of nitrogens with zero attached hydrogens (tertiary/aromatic N) is 1. The van der Waals surface area contributed by atoms with Crippen LogP contribution in [0.15, 0.2) is 54.6 Å². The third-order valence-electron chi connectivity index (χ3n) is 4.82. The first-order chi connectivity index (χ1) is 10.3. The van der Waals surface area contributed by atoms with E-state index in [2.05, 4.69) is 47.4 Å². The molecule has 2 unspecified atom stereocenters. The van der Waals surface area contributed by atoms with Gasteiger partial charge >= 0.3 is 0 Å². The van der Waals surface area contributed by atoms with E-state index in [1.807, 2.05) is 12.1 Å². The third-order valence-corrected chi connectivity index (χ3v) is 4.82. The lowest BCUT2D eigenvalue weighted by atomic mass is 10.0. The fourth-order valence-electron chi connectivity index (χ4n) is 3.81. The van der Waals surface area contributed by atoms with Gasteiger partial charge in [-0.05, 0) is 35.6 Å². The molecule has 1 fully saturated rings. The molecule has 0 spiro atoms. The highest BCUT2D eigenvalue weighted by Crippen LogP contribution is 2.32. The SMILES string of the molecule is O=C(Cc1cccc2ccccc12)N1C2C=CCC1CC2. The Hall–Kier alpha value is -2.09. The maximum absolute atomic E-state index is 12.8. The van der Waals surface area contributed by atoms with E-state index in [0.717, 1.165) is 24.8 Å². The van der Waals surface area contributed by atoms with Crippen molar-refractivity contribution < 1.29 is 4.79 Å². The predicted octanol–water partition coefficient (Wildman–Crippen LogP) is 3.70. The number of benzene rings is 2. The van der Waals surface area contributed by atoms with Crippen LogP contribution in [0.3, 0.4) is 0 Å². The second kappa shape index (κ2) is 5.03. The fourth-order valence-corrected chi connectivity index (χ4v) is 3.81. The smallest absolute Gasteiger partial charge is 0.227 e. The average molecular weight is 277 g/mol. The molecular weight excluding hydrogens is 258 g/mol. The summed E-state index contributed by atoms with van der Waals surface area (Å²) in [6.07, 6.45) is 8.27. The molecule has 21 heavy (non-hydrogen) atoms. The lowest BCUT2D eigenvalue weighted by molar-refractivity contribution is -0.132. The van der Waals surface area contributed by atoms with Crippen molar-refractivity contribution in [2.75, 3.05) is 0 Å². The summed E-state index contributed by atoms with van der Waals surface area (Å²) < 4.78 is 0. The predicted molar refractivity (Wildman–Crippen MR) is 85.1 cm³/mol. The quantitative estimate of drug-likeness (QED) is 0.766. The number of rotatable bonds is 2. The van der Waals surface area contributed by atoms with Crippen molar-refractivity contribution in [3.05, 3.63) is 60.2 Å². The van der Waals surface area contributed by atoms with Gasteiger partial charge in [0.25, 0.3) is 0 Å². The molecule has 2 aliphatic rings. The molecule has 4 rings (SSSR count). The number of fused-ring (bicyclic) bond motifs is 3. The molecule has 2 bridgehead atoms. The van der Waals surface area contributed by atoms with Gasteiger partial charge in [0.1, 0.15) is 0 Å². The van der Waals surface area contributed by atoms with Crippen molar-refractivity contribution in [3.63, 3.8) is 0 Å². The molecule has 2 nitrogen and oxygen atoms in total. The van der Waals surface area contributed by atoms with Crippen LogP contribution in [-0.4, -0.2) is 22.9 Å². The average Bonchev–Trinajstić information content (AvgIpc) is 2.77. The van der Waals surface area contributed by atoms with Gasteiger partial charge in [-0.25, -0.2) is 0 Å². The van der Waals surface area contributed by atoms with Crippen LogP contribution < -0.4 is 0 Å². The zero-order valence-corrected chi connectivity index (χ0v) is 12.0. The summed E-state index contributed by atoms with van der Waals surface area (Å²) in [6.45, 7) is 0. The van der Waals surface area contributed by atoms with E-state index in [9.17, 15) is 4.79 Å². The first-order valence-electron chi connectivity index (χ1n) is 7.77. The molecule has 2 heteroatoms. The fraction of sp³-hybridized carbons (Fsp3) is 0.316. The van der Waals surface area contributed by atoms with Gasteiger partial charge in [-0.3, -0.25) is 4.79 Å². The minimum Gasteiger partial charge on any atom is -0.333 e. The highest BCUT2D eigenvalue weighted by Gasteiger charge is 2.36. The van der Waals surface area contributed by atoms with Crippen LogP contribution >= 0.6 is 0 Å². The van der Waals surface area contributed by atoms with Crippen LogP contribution in [0.5, 0.6) is 0 Å². The summed E-state index contributed by atoms with van der Waals surface area (Å²) in [5.41, 5.74) is 1.15. The van der Waals surface area contributed by atoms with Crippen molar-refractivity contribution in [1.29, 1.82) is 0 Å². The Labute approximate surface area is 125 Å². The zero-order chi connectivity index (χ0) is 14.2. The molecule has 0 saturated carbocycles. The topological polar surface area (TPSA) is 20.3 Å². The summed E-state index contributed by atoms with van der Waals surface area (Å²) in [7, 11) is 0. The maximum atomic E-state index is 12.8. The Balaban J connectivity index is 1.63. The Kier molecular flexibility index (Phi) is 3.03. The number of amides is 1. The third kappa shape index (κ3) is 2.15. The molecule has 0 radical (unpaired) electrons. The van der Waals surface area contributed by atoms with E-state index in [4.69, 9.17) is 0 Å². The van der Waals surface area contributed by atoms with E-state index in [-0.39, 0.29) is 5.91 Å². The molecule has 0 N–H and O–H groups in total. The van der Waals surface area contributed by atoms with Gasteiger partial charge in [0.05, 0.1) is 12.5 Å². The zero-order valence-electron chi connectivity index (χ0n) is 12.0. The molecule has 2 atom stereocenters. The van der Waals surface area contributed by atoms with E-state index < -0.39 is 0 Å². The Morgan fingerprint density at radius 3 is 2.86 bits per heavy atom. The van der Waals surface area contributed by atoms with Crippen molar-refractivity contribution in [2.24, 2.45) is 0 Å². The minimum atomic E-state index is 0.281. The first-order valence-corrected chi connectivity index (χ1v) is 7.77. The van der Waals surface area contributed by atoms with Crippen LogP contribution in [-0.2, 0) is 11.2 Å². The lowest BCUT2D eigenvalue weighted by Gasteiger charge is -2.31. The Morgan fingerprint density at radius 1 is 1.10 bits per heavy atom. The van der Waals surface area contributed by atoms with E-state index >= 15 is 0 Å². The molecule has 1 amide bonds. The molecule has 2 aromatic carbocycles. The molecule has 0 aromatic heterocycles. The summed E-state index contributed by atoms with van der Waals surface area (Å²) in [5, 5.41) is 2.41. The highest BCUT2D eigenvalue weighted by molar-refractivity contribution is 5.90. The van der Waals surface area contributed by atoms with Gasteiger partial charge in [0.15, 0.2) is 0 Å². The second-order valence-corrected chi connectivity index (χ2v) is 6.08. The van der Waals surface area contributed by atoms with Crippen LogP contribution in [0.4, 0.5) is 0 Å². The molecule has 2 aromatic rings. The number of carbonyl (C=O) groups is 1. The van der Waals surface area contributed by atoms with Crippen LogP contribution in [0.25, 0.3) is 10.8 Å². The largest absolute Gasteiger partial charge is 0.333 e. The lowest BCUT2D eigenvalue weighted by Crippen LogP contribution is -2.42. The molecule has 2 aliphatic heterocycles. The monoisotopic (exact) mass is 277 g/mol. The first kappa shape index (κ1) is 12.6. The van der Waals surface area contributed by atoms with Crippen molar-refractivity contribution in [2.45, 2.75) is 37.8 Å². The number of carbonyl (C=O) groups excluding carboxylic acids is 1. The number of hydrogen-bond acceptors (Lipinski definition) is 1. The number of hydrogen-bond donors (Lipinski definition) is 0. The standard InChI is InChI=1S/C19H19NO/c21-19(20-16-8-4-9-17(20)12-11-16)13-15-7-3-6-14-5-1-2-10-18(14)15/h1-8,10,16-17H,9,11-13H2. The van der Waals surface area contributed by atoms with E-state index in [1.165, 1.54) is 10.8 Å². The van der Waals surface area contributed by atoms with E-state index in [0.29, 0.717) is 18.5 Å². The summed E-state index contributed by atoms with van der Waals surface area (Å²) in [6, 6.07) is 15.3. The van der Waals surface area contributed by atoms with Crippen LogP contribution in [0.2, 0.25) is 0 Å². The van der Waals surface area contributed by atoms with E-state index in [1.54, 1.807) is 0 Å². The molecule has 106 valence electrons. The normalized spacial score (nSPS) is 23.7. The van der Waals surface area contributed by atoms with Gasteiger partial charge in [0, 0.05) is 6.04 Å². The van der Waals surface area contributed by atoms with Crippen LogP contribution in [0.1, 0.15) is 24.8 Å². The van der Waals surface area contributed by atoms with Gasteiger partial charge in [-0.2, -0.15) is 0 Å². The minimum absolute atomic E-state index is 0.281. The second-order valence-electron chi connectivity index (χ2n) is 6.08. The molecular formula is C19H19NO. The molecule has 1 saturated heterocycles. The molecule has 0 aliphatic carbocycles. The van der Waals surface area contributed by atoms with Gasteiger partial charge in [-0.1, -0.05) is 54.6 Å². The summed E-state index contributed by atoms with van der Waals surface area (Å²) in [4.78, 5) is 14.9. The van der Waals surface area contributed by atoms with Gasteiger partial charge in [-0.15, -0.1) is 0 Å².